The van der Waals surface area contributed by atoms with Gasteiger partial charge in [0.1, 0.15) is 6.07 Å². The lowest BCUT2D eigenvalue weighted by Gasteiger charge is -1.96. The molecule has 0 saturated carbocycles. The van der Waals surface area contributed by atoms with Gasteiger partial charge in [0.05, 0.1) is 22.3 Å². The first-order chi connectivity index (χ1) is 6.22. The number of halogens is 2. The van der Waals surface area contributed by atoms with Crippen molar-refractivity contribution in [2.24, 2.45) is 0 Å². The van der Waals surface area contributed by atoms with E-state index >= 15 is 0 Å². The van der Waals surface area contributed by atoms with Crippen LogP contribution in [0.3, 0.4) is 0 Å². The first-order valence-electron chi connectivity index (χ1n) is 3.45. The summed E-state index contributed by atoms with van der Waals surface area (Å²) in [6.45, 7) is 0. The van der Waals surface area contributed by atoms with Crippen molar-refractivity contribution in [2.75, 3.05) is 0 Å². The summed E-state index contributed by atoms with van der Waals surface area (Å²) in [4.78, 5) is 0. The number of aromatic nitrogens is 2. The highest BCUT2D eigenvalue weighted by atomic mass is 79.9. The Bertz CT molecular complexity index is 512. The molecule has 2 aromatic heterocycles. The van der Waals surface area contributed by atoms with Crippen LogP contribution < -0.4 is 0 Å². The zero-order valence-corrected chi connectivity index (χ0v) is 8.67. The number of hydrogen-bond acceptors (Lipinski definition) is 2. The van der Waals surface area contributed by atoms with Crippen LogP contribution in [0.4, 0.5) is 0 Å². The van der Waals surface area contributed by atoms with Crippen LogP contribution >= 0.6 is 27.5 Å². The van der Waals surface area contributed by atoms with Crippen LogP contribution in [0.25, 0.3) is 5.52 Å². The molecule has 5 heteroatoms. The van der Waals surface area contributed by atoms with Crippen molar-refractivity contribution in [3.63, 3.8) is 0 Å². The maximum atomic E-state index is 8.69. The average Bonchev–Trinajstić information content (AvgIpc) is 2.47. The maximum Gasteiger partial charge on any atom is 0.102 e. The van der Waals surface area contributed by atoms with E-state index in [2.05, 4.69) is 21.0 Å². The number of nitrogens with zero attached hydrogens (tertiary/aromatic N) is 3. The number of nitriles is 1. The zero-order valence-electron chi connectivity index (χ0n) is 6.33. The highest BCUT2D eigenvalue weighted by Crippen LogP contribution is 2.24. The molecule has 3 nitrogen and oxygen atoms in total. The fraction of sp³-hybridized carbons (Fsp3) is 0. The van der Waals surface area contributed by atoms with Gasteiger partial charge in [0.15, 0.2) is 0 Å². The molecule has 0 aliphatic rings. The second-order valence-corrected chi connectivity index (χ2v) is 3.77. The Morgan fingerprint density at radius 3 is 3.08 bits per heavy atom. The standard InChI is InChI=1S/C8H3BrClN3/c9-6-1-7-8(10)5(2-11)3-12-13(7)4-6/h1,3-4H. The summed E-state index contributed by atoms with van der Waals surface area (Å²) in [6.07, 6.45) is 3.23. The molecule has 0 unspecified atom stereocenters. The summed E-state index contributed by atoms with van der Waals surface area (Å²) in [5, 5.41) is 13.1. The minimum absolute atomic E-state index is 0.389. The van der Waals surface area contributed by atoms with E-state index in [0.29, 0.717) is 10.6 Å². The highest BCUT2D eigenvalue weighted by Gasteiger charge is 2.07. The summed E-state index contributed by atoms with van der Waals surface area (Å²) in [5.41, 5.74) is 1.12. The molecule has 2 heterocycles. The summed E-state index contributed by atoms with van der Waals surface area (Å²) in [7, 11) is 0. The van der Waals surface area contributed by atoms with Crippen molar-refractivity contribution in [3.05, 3.63) is 33.5 Å². The van der Waals surface area contributed by atoms with E-state index in [-0.39, 0.29) is 0 Å². The third kappa shape index (κ3) is 1.30. The van der Waals surface area contributed by atoms with E-state index in [1.807, 2.05) is 12.1 Å². The first-order valence-corrected chi connectivity index (χ1v) is 4.62. The third-order valence-electron chi connectivity index (χ3n) is 1.66. The van der Waals surface area contributed by atoms with E-state index < -0.39 is 0 Å². The Labute approximate surface area is 87.7 Å². The Balaban J connectivity index is 2.87. The van der Waals surface area contributed by atoms with Gasteiger partial charge in [-0.15, -0.1) is 0 Å². The first kappa shape index (κ1) is 8.54. The lowest BCUT2D eigenvalue weighted by atomic mass is 10.3. The second-order valence-electron chi connectivity index (χ2n) is 2.47. The maximum absolute atomic E-state index is 8.69. The predicted molar refractivity (Wildman–Crippen MR) is 52.6 cm³/mol. The van der Waals surface area contributed by atoms with Gasteiger partial charge < -0.3 is 0 Å². The monoisotopic (exact) mass is 255 g/mol. The van der Waals surface area contributed by atoms with Gasteiger partial charge in [-0.1, -0.05) is 11.6 Å². The van der Waals surface area contributed by atoms with Crippen LogP contribution in [0.1, 0.15) is 5.56 Å². The van der Waals surface area contributed by atoms with Crippen molar-refractivity contribution in [2.45, 2.75) is 0 Å². The molecule has 0 atom stereocenters. The Kier molecular flexibility index (Phi) is 1.98. The normalized spacial score (nSPS) is 10.2. The molecule has 0 aliphatic carbocycles. The number of fused-ring (bicyclic) bond motifs is 1. The van der Waals surface area contributed by atoms with E-state index in [4.69, 9.17) is 16.9 Å². The van der Waals surface area contributed by atoms with Gasteiger partial charge in [-0.25, -0.2) is 4.52 Å². The molecule has 0 N–H and O–H groups in total. The number of rotatable bonds is 0. The Hall–Kier alpha value is -1.05. The van der Waals surface area contributed by atoms with Crippen molar-refractivity contribution in [3.8, 4) is 6.07 Å². The van der Waals surface area contributed by atoms with Crippen LogP contribution in [-0.2, 0) is 0 Å². The average molecular weight is 256 g/mol. The topological polar surface area (TPSA) is 41.1 Å². The summed E-state index contributed by atoms with van der Waals surface area (Å²) in [5.74, 6) is 0. The van der Waals surface area contributed by atoms with Crippen molar-refractivity contribution < 1.29 is 0 Å². The fourth-order valence-electron chi connectivity index (χ4n) is 1.07. The molecule has 13 heavy (non-hydrogen) atoms. The molecule has 0 fully saturated rings. The van der Waals surface area contributed by atoms with Crippen molar-refractivity contribution >= 4 is 33.0 Å². The molecule has 2 aromatic rings. The zero-order chi connectivity index (χ0) is 9.42. The highest BCUT2D eigenvalue weighted by molar-refractivity contribution is 9.10. The lowest BCUT2D eigenvalue weighted by Crippen LogP contribution is -1.91. The smallest absolute Gasteiger partial charge is 0.102 e. The minimum atomic E-state index is 0.389. The van der Waals surface area contributed by atoms with Crippen LogP contribution in [-0.4, -0.2) is 9.61 Å². The minimum Gasteiger partial charge on any atom is -0.238 e. The Morgan fingerprint density at radius 2 is 2.38 bits per heavy atom. The summed E-state index contributed by atoms with van der Waals surface area (Å²) in [6, 6.07) is 3.79. The van der Waals surface area contributed by atoms with Gasteiger partial charge >= 0.3 is 0 Å². The van der Waals surface area contributed by atoms with E-state index in [1.54, 1.807) is 10.7 Å². The fourth-order valence-corrected chi connectivity index (χ4v) is 1.72. The van der Waals surface area contributed by atoms with E-state index in [0.717, 1.165) is 9.99 Å². The number of hydrogen-bond donors (Lipinski definition) is 0. The van der Waals surface area contributed by atoms with Gasteiger partial charge in [0, 0.05) is 10.7 Å². The molecule has 0 bridgehead atoms. The molecule has 0 aromatic carbocycles. The van der Waals surface area contributed by atoms with Crippen molar-refractivity contribution in [1.82, 2.24) is 9.61 Å². The SMILES string of the molecule is N#Cc1cnn2cc(Br)cc2c1Cl. The van der Waals surface area contributed by atoms with E-state index in [1.165, 1.54) is 6.20 Å². The van der Waals surface area contributed by atoms with E-state index in [9.17, 15) is 0 Å². The van der Waals surface area contributed by atoms with Gasteiger partial charge in [-0.05, 0) is 22.0 Å². The molecule has 2 rings (SSSR count). The summed E-state index contributed by atoms with van der Waals surface area (Å²) >= 11 is 9.25. The van der Waals surface area contributed by atoms with Gasteiger partial charge in [-0.2, -0.15) is 10.4 Å². The van der Waals surface area contributed by atoms with Gasteiger partial charge in [0.25, 0.3) is 0 Å². The van der Waals surface area contributed by atoms with Gasteiger partial charge in [0.2, 0.25) is 0 Å². The van der Waals surface area contributed by atoms with Crippen LogP contribution in [0.2, 0.25) is 5.02 Å². The molecule has 0 radical (unpaired) electrons. The molecule has 64 valence electrons. The summed E-state index contributed by atoms with van der Waals surface area (Å²) < 4.78 is 2.50. The third-order valence-corrected chi connectivity index (χ3v) is 2.49. The quantitative estimate of drug-likeness (QED) is 0.727. The molecule has 0 saturated heterocycles. The lowest BCUT2D eigenvalue weighted by molar-refractivity contribution is 0.936. The molecule has 0 aliphatic heterocycles. The van der Waals surface area contributed by atoms with Crippen LogP contribution in [0, 0.1) is 11.3 Å². The van der Waals surface area contributed by atoms with Gasteiger partial charge in [-0.3, -0.25) is 0 Å². The molecular weight excluding hydrogens is 253 g/mol. The van der Waals surface area contributed by atoms with Crippen molar-refractivity contribution in [1.29, 1.82) is 5.26 Å². The predicted octanol–water partition coefficient (Wildman–Crippen LogP) is 2.62. The largest absolute Gasteiger partial charge is 0.238 e. The molecule has 0 spiro atoms. The Morgan fingerprint density at radius 1 is 1.62 bits per heavy atom. The van der Waals surface area contributed by atoms with Crippen LogP contribution in [0.15, 0.2) is 22.9 Å². The van der Waals surface area contributed by atoms with Crippen LogP contribution in [0.5, 0.6) is 0 Å². The molecule has 0 amide bonds. The molecular formula is C8H3BrClN3. The second kappa shape index (κ2) is 3.02.